The first-order chi connectivity index (χ1) is 13.9. The van der Waals surface area contributed by atoms with Crippen LogP contribution in [0.2, 0.25) is 0 Å². The van der Waals surface area contributed by atoms with Gasteiger partial charge >= 0.3 is 0 Å². The molecule has 0 unspecified atom stereocenters. The molecule has 1 fully saturated rings. The molecule has 0 saturated carbocycles. The first kappa shape index (κ1) is 19.0. The number of aryl methyl sites for hydroxylation is 2. The highest BCUT2D eigenvalue weighted by atomic mass is 16.2. The number of carbonyl (C=O) groups excluding carboxylic acids is 2. The van der Waals surface area contributed by atoms with Gasteiger partial charge in [0, 0.05) is 54.4 Å². The van der Waals surface area contributed by atoms with E-state index in [0.717, 1.165) is 35.7 Å². The molecule has 8 nitrogen and oxygen atoms in total. The molecule has 29 heavy (non-hydrogen) atoms. The van der Waals surface area contributed by atoms with Crippen molar-refractivity contribution in [3.05, 3.63) is 53.1 Å². The van der Waals surface area contributed by atoms with Crippen LogP contribution in [0.25, 0.3) is 5.78 Å². The molecule has 1 aliphatic heterocycles. The Morgan fingerprint density at radius 1 is 1.03 bits per heavy atom. The van der Waals surface area contributed by atoms with Crippen LogP contribution in [0.5, 0.6) is 0 Å². The molecule has 0 bridgehead atoms. The fourth-order valence-corrected chi connectivity index (χ4v) is 3.80. The van der Waals surface area contributed by atoms with Crippen molar-refractivity contribution in [1.29, 1.82) is 0 Å². The number of carbonyl (C=O) groups is 2. The molecular weight excluding hydrogens is 368 g/mol. The third-order valence-corrected chi connectivity index (χ3v) is 5.59. The highest BCUT2D eigenvalue weighted by Crippen LogP contribution is 2.19. The second-order valence-electron chi connectivity index (χ2n) is 7.38. The van der Waals surface area contributed by atoms with Crippen LogP contribution in [0.15, 0.2) is 30.6 Å². The minimum Gasteiger partial charge on any atom is -0.368 e. The summed E-state index contributed by atoms with van der Waals surface area (Å²) >= 11 is 0. The average Bonchev–Trinajstić information content (AvgIpc) is 3.19. The van der Waals surface area contributed by atoms with E-state index in [0.29, 0.717) is 30.9 Å². The number of anilines is 1. The fraction of sp³-hybridized carbons (Fsp3) is 0.381. The highest BCUT2D eigenvalue weighted by molar-refractivity contribution is 5.94. The summed E-state index contributed by atoms with van der Waals surface area (Å²) in [6, 6.07) is 7.65. The maximum Gasteiger partial charge on any atom is 0.252 e. The van der Waals surface area contributed by atoms with Gasteiger partial charge in [-0.05, 0) is 45.0 Å². The molecule has 0 N–H and O–H groups in total. The number of piperazine rings is 1. The molecule has 3 heterocycles. The van der Waals surface area contributed by atoms with E-state index < -0.39 is 0 Å². The van der Waals surface area contributed by atoms with Crippen molar-refractivity contribution in [1.82, 2.24) is 24.5 Å². The number of rotatable bonds is 4. The van der Waals surface area contributed by atoms with Gasteiger partial charge in [-0.2, -0.15) is 10.1 Å². The minimum atomic E-state index is 0.0659. The molecule has 0 aliphatic carbocycles. The molecule has 0 radical (unpaired) electrons. The molecule has 1 aromatic carbocycles. The lowest BCUT2D eigenvalue weighted by atomic mass is 10.1. The third-order valence-electron chi connectivity index (χ3n) is 5.59. The molecule has 150 valence electrons. The lowest BCUT2D eigenvalue weighted by Gasteiger charge is -2.36. The van der Waals surface area contributed by atoms with Gasteiger partial charge in [-0.3, -0.25) is 9.59 Å². The summed E-state index contributed by atoms with van der Waals surface area (Å²) in [5.74, 6) is 0.723. The van der Waals surface area contributed by atoms with Crippen LogP contribution < -0.4 is 4.90 Å². The smallest absolute Gasteiger partial charge is 0.252 e. The Morgan fingerprint density at radius 3 is 2.38 bits per heavy atom. The Labute approximate surface area is 169 Å². The molecular formula is C21H24N6O2. The van der Waals surface area contributed by atoms with Crippen LogP contribution in [0.3, 0.4) is 0 Å². The summed E-state index contributed by atoms with van der Waals surface area (Å²) in [6.07, 6.45) is 1.79. The van der Waals surface area contributed by atoms with E-state index >= 15 is 0 Å². The molecule has 4 rings (SSSR count). The molecule has 1 aliphatic rings. The second kappa shape index (κ2) is 7.62. The summed E-state index contributed by atoms with van der Waals surface area (Å²) in [6.45, 7) is 8.30. The van der Waals surface area contributed by atoms with E-state index in [-0.39, 0.29) is 11.7 Å². The summed E-state index contributed by atoms with van der Waals surface area (Å²) in [5.41, 5.74) is 4.43. The number of aromatic nitrogens is 4. The maximum absolute atomic E-state index is 12.9. The summed E-state index contributed by atoms with van der Waals surface area (Å²) in [5, 5.41) is 4.19. The van der Waals surface area contributed by atoms with Gasteiger partial charge in [-0.25, -0.2) is 9.50 Å². The number of ketones is 1. The van der Waals surface area contributed by atoms with Gasteiger partial charge in [-0.15, -0.1) is 0 Å². The Hall–Kier alpha value is -3.29. The summed E-state index contributed by atoms with van der Waals surface area (Å²) in [7, 11) is 0. The Balaban J connectivity index is 1.41. The number of nitrogens with zero attached hydrogens (tertiary/aromatic N) is 6. The number of fused-ring (bicyclic) bond motifs is 1. The molecule has 0 atom stereocenters. The van der Waals surface area contributed by atoms with Crippen molar-refractivity contribution >= 4 is 23.2 Å². The SMILES string of the molecule is CC(=O)c1ccc(N2CCN(C(=O)Cc3c(C)nc4ncnn4c3C)CC2)cc1. The monoisotopic (exact) mass is 392 g/mol. The van der Waals surface area contributed by atoms with Gasteiger partial charge in [0.1, 0.15) is 6.33 Å². The van der Waals surface area contributed by atoms with E-state index in [4.69, 9.17) is 0 Å². The van der Waals surface area contributed by atoms with Crippen LogP contribution in [0, 0.1) is 13.8 Å². The molecule has 8 heteroatoms. The third kappa shape index (κ3) is 3.70. The van der Waals surface area contributed by atoms with E-state index in [1.165, 1.54) is 6.33 Å². The first-order valence-corrected chi connectivity index (χ1v) is 9.73. The van der Waals surface area contributed by atoms with E-state index in [1.54, 1.807) is 11.4 Å². The summed E-state index contributed by atoms with van der Waals surface area (Å²) < 4.78 is 1.68. The lowest BCUT2D eigenvalue weighted by molar-refractivity contribution is -0.130. The van der Waals surface area contributed by atoms with E-state index in [9.17, 15) is 9.59 Å². The average molecular weight is 392 g/mol. The molecule has 2 aromatic heterocycles. The van der Waals surface area contributed by atoms with E-state index in [2.05, 4.69) is 20.0 Å². The number of benzene rings is 1. The molecule has 1 amide bonds. The van der Waals surface area contributed by atoms with Gasteiger partial charge < -0.3 is 9.80 Å². The number of hydrogen-bond acceptors (Lipinski definition) is 6. The fourth-order valence-electron chi connectivity index (χ4n) is 3.80. The zero-order valence-corrected chi connectivity index (χ0v) is 16.9. The van der Waals surface area contributed by atoms with Crippen molar-refractivity contribution in [3.8, 4) is 0 Å². The highest BCUT2D eigenvalue weighted by Gasteiger charge is 2.23. The molecule has 0 spiro atoms. The Morgan fingerprint density at radius 2 is 1.72 bits per heavy atom. The molecule has 1 saturated heterocycles. The summed E-state index contributed by atoms with van der Waals surface area (Å²) in [4.78, 5) is 37.1. The van der Waals surface area contributed by atoms with Crippen molar-refractivity contribution in [2.75, 3.05) is 31.1 Å². The van der Waals surface area contributed by atoms with Gasteiger partial charge in [0.2, 0.25) is 5.91 Å². The van der Waals surface area contributed by atoms with Crippen molar-refractivity contribution < 1.29 is 9.59 Å². The van der Waals surface area contributed by atoms with Crippen molar-refractivity contribution in [3.63, 3.8) is 0 Å². The largest absolute Gasteiger partial charge is 0.368 e. The van der Waals surface area contributed by atoms with Crippen LogP contribution >= 0.6 is 0 Å². The number of hydrogen-bond donors (Lipinski definition) is 0. The van der Waals surface area contributed by atoms with Crippen LogP contribution in [0.1, 0.15) is 34.2 Å². The predicted molar refractivity (Wildman–Crippen MR) is 109 cm³/mol. The Bertz CT molecular complexity index is 1060. The Kier molecular flexibility index (Phi) is 5.00. The van der Waals surface area contributed by atoms with Crippen molar-refractivity contribution in [2.45, 2.75) is 27.2 Å². The van der Waals surface area contributed by atoms with Gasteiger partial charge in [-0.1, -0.05) is 0 Å². The topological polar surface area (TPSA) is 83.7 Å². The molecule has 3 aromatic rings. The number of amides is 1. The van der Waals surface area contributed by atoms with E-state index in [1.807, 2.05) is 43.0 Å². The second-order valence-corrected chi connectivity index (χ2v) is 7.38. The normalized spacial score (nSPS) is 14.4. The zero-order valence-electron chi connectivity index (χ0n) is 16.9. The van der Waals surface area contributed by atoms with Crippen LogP contribution in [-0.4, -0.2) is 62.4 Å². The maximum atomic E-state index is 12.9. The van der Waals surface area contributed by atoms with Gasteiger partial charge in [0.15, 0.2) is 5.78 Å². The quantitative estimate of drug-likeness (QED) is 0.630. The van der Waals surface area contributed by atoms with Crippen LogP contribution in [0.4, 0.5) is 5.69 Å². The van der Waals surface area contributed by atoms with Crippen molar-refractivity contribution in [2.24, 2.45) is 0 Å². The standard InChI is InChI=1S/C21H24N6O2/c1-14-19(15(2)27-21(24-14)22-13-23-27)12-20(29)26-10-8-25(9-11-26)18-6-4-17(5-7-18)16(3)28/h4-7,13H,8-12H2,1-3H3. The zero-order chi connectivity index (χ0) is 20.5. The predicted octanol–water partition coefficient (Wildman–Crippen LogP) is 1.84. The first-order valence-electron chi connectivity index (χ1n) is 9.73. The number of Topliss-reactive ketones (excluding diaryl/α,β-unsaturated/α-hetero) is 1. The minimum absolute atomic E-state index is 0.0659. The lowest BCUT2D eigenvalue weighted by Crippen LogP contribution is -2.49. The van der Waals surface area contributed by atoms with Gasteiger partial charge in [0.25, 0.3) is 5.78 Å². The van der Waals surface area contributed by atoms with Gasteiger partial charge in [0.05, 0.1) is 6.42 Å². The van der Waals surface area contributed by atoms with Crippen LogP contribution in [-0.2, 0) is 11.2 Å².